The number of hydrogen-bond donors (Lipinski definition) is 1. The highest BCUT2D eigenvalue weighted by Gasteiger charge is 2.51. The summed E-state index contributed by atoms with van der Waals surface area (Å²) in [4.78, 5) is 12.4. The van der Waals surface area contributed by atoms with Crippen LogP contribution in [0.4, 0.5) is 0 Å². The minimum atomic E-state index is -0.281. The summed E-state index contributed by atoms with van der Waals surface area (Å²) in [6, 6.07) is 7.69. The van der Waals surface area contributed by atoms with Crippen LogP contribution in [0.1, 0.15) is 45.1 Å². The lowest BCUT2D eigenvalue weighted by Crippen LogP contribution is -2.37. The van der Waals surface area contributed by atoms with Crippen LogP contribution in [-0.2, 0) is 10.2 Å². The van der Waals surface area contributed by atoms with Crippen LogP contribution in [0, 0.1) is 5.92 Å². The molecule has 0 unspecified atom stereocenters. The van der Waals surface area contributed by atoms with Crippen LogP contribution < -0.4 is 5.32 Å². The lowest BCUT2D eigenvalue weighted by Gasteiger charge is -2.19. The molecule has 1 aliphatic carbocycles. The summed E-state index contributed by atoms with van der Waals surface area (Å²) >= 11 is 5.90. The van der Waals surface area contributed by atoms with Crippen LogP contribution in [0.25, 0.3) is 0 Å². The molecule has 1 saturated carbocycles. The topological polar surface area (TPSA) is 29.1 Å². The number of rotatable bonds is 6. The van der Waals surface area contributed by atoms with Crippen molar-refractivity contribution in [2.24, 2.45) is 5.92 Å². The fraction of sp³-hybridized carbons (Fsp3) is 0.562. The van der Waals surface area contributed by atoms with E-state index in [0.29, 0.717) is 5.92 Å². The lowest BCUT2D eigenvalue weighted by atomic mass is 9.94. The van der Waals surface area contributed by atoms with Gasteiger partial charge in [-0.2, -0.15) is 0 Å². The van der Waals surface area contributed by atoms with Crippen molar-refractivity contribution < 1.29 is 4.79 Å². The normalized spacial score (nSPS) is 16.4. The molecule has 0 bridgehead atoms. The molecule has 1 aromatic carbocycles. The molecule has 1 fully saturated rings. The Morgan fingerprint density at radius 2 is 1.84 bits per heavy atom. The first kappa shape index (κ1) is 14.4. The molecule has 104 valence electrons. The molecular formula is C16H22ClNO. The van der Waals surface area contributed by atoms with Gasteiger partial charge in [0.25, 0.3) is 0 Å². The van der Waals surface area contributed by atoms with Crippen molar-refractivity contribution in [3.63, 3.8) is 0 Å². The molecule has 1 aromatic rings. The maximum Gasteiger partial charge on any atom is 0.230 e. The molecule has 0 spiro atoms. The Bertz CT molecular complexity index is 433. The number of carbonyl (C=O) groups excluding carboxylic acids is 1. The molecule has 2 rings (SSSR count). The Labute approximate surface area is 120 Å². The number of hydrogen-bond acceptors (Lipinski definition) is 1. The van der Waals surface area contributed by atoms with E-state index in [-0.39, 0.29) is 11.3 Å². The van der Waals surface area contributed by atoms with Gasteiger partial charge in [0.1, 0.15) is 0 Å². The fourth-order valence-corrected chi connectivity index (χ4v) is 2.65. The third-order valence-electron chi connectivity index (χ3n) is 4.29. The molecule has 19 heavy (non-hydrogen) atoms. The van der Waals surface area contributed by atoms with Gasteiger partial charge in [-0.25, -0.2) is 0 Å². The molecule has 3 heteroatoms. The summed E-state index contributed by atoms with van der Waals surface area (Å²) in [5.74, 6) is 0.770. The van der Waals surface area contributed by atoms with E-state index in [0.717, 1.165) is 42.8 Å². The molecule has 1 amide bonds. The number of carbonyl (C=O) groups is 1. The Morgan fingerprint density at radius 1 is 1.26 bits per heavy atom. The Morgan fingerprint density at radius 3 is 2.32 bits per heavy atom. The predicted octanol–water partition coefficient (Wildman–Crippen LogP) is 3.92. The van der Waals surface area contributed by atoms with Crippen molar-refractivity contribution in [2.45, 2.75) is 44.9 Å². The Kier molecular flexibility index (Phi) is 4.51. The van der Waals surface area contributed by atoms with Gasteiger partial charge >= 0.3 is 0 Å². The van der Waals surface area contributed by atoms with Gasteiger partial charge in [0.2, 0.25) is 5.91 Å². The smallest absolute Gasteiger partial charge is 0.230 e. The van der Waals surface area contributed by atoms with Crippen molar-refractivity contribution >= 4 is 17.5 Å². The molecule has 2 nitrogen and oxygen atoms in total. The Hall–Kier alpha value is -1.02. The summed E-state index contributed by atoms with van der Waals surface area (Å²) < 4.78 is 0. The highest BCUT2D eigenvalue weighted by atomic mass is 35.5. The molecule has 0 radical (unpaired) electrons. The van der Waals surface area contributed by atoms with Crippen LogP contribution in [0.3, 0.4) is 0 Å². The fourth-order valence-electron chi connectivity index (χ4n) is 2.52. The zero-order valence-corrected chi connectivity index (χ0v) is 12.5. The van der Waals surface area contributed by atoms with Crippen LogP contribution >= 0.6 is 11.6 Å². The third kappa shape index (κ3) is 3.11. The number of nitrogens with one attached hydrogen (secondary N) is 1. The summed E-state index contributed by atoms with van der Waals surface area (Å²) in [5.41, 5.74) is 0.815. The van der Waals surface area contributed by atoms with Gasteiger partial charge < -0.3 is 5.32 Å². The van der Waals surface area contributed by atoms with Crippen molar-refractivity contribution in [3.05, 3.63) is 34.9 Å². The second kappa shape index (κ2) is 5.96. The average molecular weight is 280 g/mol. The van der Waals surface area contributed by atoms with Gasteiger partial charge in [-0.15, -0.1) is 0 Å². The standard InChI is InChI=1S/C16H22ClNO/c1-3-12(4-2)11-18-15(19)16(9-10-16)13-5-7-14(17)8-6-13/h5-8,12H,3-4,9-11H2,1-2H3,(H,18,19). The second-order valence-electron chi connectivity index (χ2n) is 5.48. The molecule has 0 aliphatic heterocycles. The van der Waals surface area contributed by atoms with Crippen LogP contribution in [0.15, 0.2) is 24.3 Å². The highest BCUT2D eigenvalue weighted by Crippen LogP contribution is 2.48. The van der Waals surface area contributed by atoms with E-state index in [4.69, 9.17) is 11.6 Å². The van der Waals surface area contributed by atoms with Crippen molar-refractivity contribution in [1.29, 1.82) is 0 Å². The van der Waals surface area contributed by atoms with Crippen LogP contribution in [0.2, 0.25) is 5.02 Å². The number of amides is 1. The molecule has 0 heterocycles. The third-order valence-corrected chi connectivity index (χ3v) is 4.54. The van der Waals surface area contributed by atoms with Crippen molar-refractivity contribution in [3.8, 4) is 0 Å². The first-order valence-electron chi connectivity index (χ1n) is 7.16. The average Bonchev–Trinajstić information content (AvgIpc) is 3.22. The highest BCUT2D eigenvalue weighted by molar-refractivity contribution is 6.30. The van der Waals surface area contributed by atoms with Gasteiger partial charge in [-0.1, -0.05) is 50.4 Å². The van der Waals surface area contributed by atoms with Gasteiger partial charge in [-0.05, 0) is 36.5 Å². The lowest BCUT2D eigenvalue weighted by molar-refractivity contribution is -0.123. The van der Waals surface area contributed by atoms with Crippen molar-refractivity contribution in [1.82, 2.24) is 5.32 Å². The molecule has 0 aromatic heterocycles. The van der Waals surface area contributed by atoms with E-state index in [9.17, 15) is 4.79 Å². The SMILES string of the molecule is CCC(CC)CNC(=O)C1(c2ccc(Cl)cc2)CC1. The maximum atomic E-state index is 12.4. The van der Waals surface area contributed by atoms with Gasteiger partial charge in [0.15, 0.2) is 0 Å². The number of halogens is 1. The van der Waals surface area contributed by atoms with E-state index >= 15 is 0 Å². The zero-order chi connectivity index (χ0) is 13.9. The van der Waals surface area contributed by atoms with Crippen LogP contribution in [0.5, 0.6) is 0 Å². The van der Waals surface area contributed by atoms with Crippen molar-refractivity contribution in [2.75, 3.05) is 6.54 Å². The first-order valence-corrected chi connectivity index (χ1v) is 7.54. The molecular weight excluding hydrogens is 258 g/mol. The first-order chi connectivity index (χ1) is 9.12. The molecule has 1 N–H and O–H groups in total. The van der Waals surface area contributed by atoms with Gasteiger partial charge in [-0.3, -0.25) is 4.79 Å². The van der Waals surface area contributed by atoms with E-state index in [1.807, 2.05) is 24.3 Å². The van der Waals surface area contributed by atoms with Gasteiger partial charge in [0, 0.05) is 11.6 Å². The van der Waals surface area contributed by atoms with E-state index in [1.165, 1.54) is 0 Å². The van der Waals surface area contributed by atoms with E-state index in [2.05, 4.69) is 19.2 Å². The summed E-state index contributed by atoms with van der Waals surface area (Å²) in [6.45, 7) is 5.14. The van der Waals surface area contributed by atoms with E-state index < -0.39 is 0 Å². The summed E-state index contributed by atoms with van der Waals surface area (Å²) in [5, 5.41) is 3.85. The monoisotopic (exact) mass is 279 g/mol. The maximum absolute atomic E-state index is 12.4. The van der Waals surface area contributed by atoms with Gasteiger partial charge in [0.05, 0.1) is 5.41 Å². The largest absolute Gasteiger partial charge is 0.355 e. The minimum absolute atomic E-state index is 0.182. The minimum Gasteiger partial charge on any atom is -0.355 e. The molecule has 0 saturated heterocycles. The van der Waals surface area contributed by atoms with E-state index in [1.54, 1.807) is 0 Å². The quantitative estimate of drug-likeness (QED) is 0.840. The molecule has 1 aliphatic rings. The summed E-state index contributed by atoms with van der Waals surface area (Å²) in [7, 11) is 0. The second-order valence-corrected chi connectivity index (χ2v) is 5.92. The van der Waals surface area contributed by atoms with Crippen LogP contribution in [-0.4, -0.2) is 12.5 Å². The Balaban J connectivity index is 2.00. The predicted molar refractivity (Wildman–Crippen MR) is 79.4 cm³/mol. The molecule has 0 atom stereocenters. The summed E-state index contributed by atoms with van der Waals surface area (Å²) in [6.07, 6.45) is 4.13. The zero-order valence-electron chi connectivity index (χ0n) is 11.7. The number of benzene rings is 1.